The van der Waals surface area contributed by atoms with Gasteiger partial charge >= 0.3 is 5.97 Å². The molecule has 0 aliphatic carbocycles. The summed E-state index contributed by atoms with van der Waals surface area (Å²) in [6.07, 6.45) is 1.67. The molecule has 2 aromatic rings. The molecule has 0 saturated carbocycles. The standard InChI is InChI=1S/C14H17N3O4S/c15-6-2-1-4-9(14(19)20)16-13(18)10-8-11(21-17-10)12-5-3-7-22-12/h3,5,7-9H,1-2,4,6,15H2,(H,16,18)(H,19,20)/t9-/m0/s1. The summed E-state index contributed by atoms with van der Waals surface area (Å²) in [5.74, 6) is -1.16. The van der Waals surface area contributed by atoms with E-state index in [1.54, 1.807) is 0 Å². The maximum atomic E-state index is 12.1. The van der Waals surface area contributed by atoms with Crippen LogP contribution in [0.2, 0.25) is 0 Å². The number of thiophene rings is 1. The predicted octanol–water partition coefficient (Wildman–Crippen LogP) is 1.72. The molecule has 0 unspecified atom stereocenters. The second-order valence-corrected chi connectivity index (χ2v) is 5.65. The second-order valence-electron chi connectivity index (χ2n) is 4.70. The van der Waals surface area contributed by atoms with Crippen molar-refractivity contribution in [1.29, 1.82) is 0 Å². The molecule has 4 N–H and O–H groups in total. The predicted molar refractivity (Wildman–Crippen MR) is 81.6 cm³/mol. The second kappa shape index (κ2) is 7.71. The molecule has 0 bridgehead atoms. The fourth-order valence-corrected chi connectivity index (χ4v) is 2.57. The number of unbranched alkanes of at least 4 members (excludes halogenated alkanes) is 1. The Bertz CT molecular complexity index is 624. The highest BCUT2D eigenvalue weighted by Gasteiger charge is 2.22. The van der Waals surface area contributed by atoms with Gasteiger partial charge in [-0.25, -0.2) is 4.79 Å². The molecule has 0 fully saturated rings. The topological polar surface area (TPSA) is 118 Å². The molecule has 0 aliphatic rings. The maximum absolute atomic E-state index is 12.1. The van der Waals surface area contributed by atoms with Crippen LogP contribution in [-0.2, 0) is 4.79 Å². The van der Waals surface area contributed by atoms with Crippen LogP contribution in [0.4, 0.5) is 0 Å². The van der Waals surface area contributed by atoms with Crippen molar-refractivity contribution in [3.05, 3.63) is 29.3 Å². The van der Waals surface area contributed by atoms with Gasteiger partial charge in [-0.3, -0.25) is 4.79 Å². The van der Waals surface area contributed by atoms with Gasteiger partial charge in [0, 0.05) is 6.07 Å². The van der Waals surface area contributed by atoms with Crippen molar-refractivity contribution < 1.29 is 19.2 Å². The molecule has 7 nitrogen and oxygen atoms in total. The molecule has 1 atom stereocenters. The Hall–Kier alpha value is -2.19. The molecule has 0 spiro atoms. The Morgan fingerprint density at radius 2 is 2.27 bits per heavy atom. The van der Waals surface area contributed by atoms with Gasteiger partial charge in [0.25, 0.3) is 5.91 Å². The Labute approximate surface area is 131 Å². The Morgan fingerprint density at radius 3 is 2.91 bits per heavy atom. The largest absolute Gasteiger partial charge is 0.480 e. The van der Waals surface area contributed by atoms with Gasteiger partial charge in [0.2, 0.25) is 0 Å². The van der Waals surface area contributed by atoms with E-state index in [0.29, 0.717) is 31.6 Å². The first-order valence-corrected chi connectivity index (χ1v) is 7.74. The summed E-state index contributed by atoms with van der Waals surface area (Å²) in [4.78, 5) is 24.1. The number of nitrogens with one attached hydrogen (secondary N) is 1. The van der Waals surface area contributed by atoms with Gasteiger partial charge in [-0.1, -0.05) is 11.2 Å². The number of nitrogens with two attached hydrogens (primary N) is 1. The normalized spacial score (nSPS) is 12.0. The van der Waals surface area contributed by atoms with Crippen molar-refractivity contribution in [2.45, 2.75) is 25.3 Å². The maximum Gasteiger partial charge on any atom is 0.326 e. The van der Waals surface area contributed by atoms with Crippen LogP contribution in [0.1, 0.15) is 29.8 Å². The first-order chi connectivity index (χ1) is 10.6. The highest BCUT2D eigenvalue weighted by molar-refractivity contribution is 7.13. The lowest BCUT2D eigenvalue weighted by atomic mass is 10.1. The fraction of sp³-hybridized carbons (Fsp3) is 0.357. The minimum atomic E-state index is -1.08. The van der Waals surface area contributed by atoms with E-state index in [2.05, 4.69) is 10.5 Å². The van der Waals surface area contributed by atoms with Gasteiger partial charge in [0.05, 0.1) is 4.88 Å². The van der Waals surface area contributed by atoms with Gasteiger partial charge in [-0.15, -0.1) is 11.3 Å². The SMILES string of the molecule is NCCCC[C@H](NC(=O)c1cc(-c2cccs2)on1)C(=O)O. The number of nitrogens with zero attached hydrogens (tertiary/aromatic N) is 1. The molecular formula is C14H17N3O4S. The lowest BCUT2D eigenvalue weighted by Crippen LogP contribution is -2.40. The van der Waals surface area contributed by atoms with Crippen molar-refractivity contribution >= 4 is 23.2 Å². The molecule has 2 heterocycles. The number of amides is 1. The highest BCUT2D eigenvalue weighted by atomic mass is 32.1. The van der Waals surface area contributed by atoms with E-state index in [-0.39, 0.29) is 5.69 Å². The minimum Gasteiger partial charge on any atom is -0.480 e. The Morgan fingerprint density at radius 1 is 1.45 bits per heavy atom. The summed E-state index contributed by atoms with van der Waals surface area (Å²) in [6.45, 7) is 0.494. The molecule has 118 valence electrons. The number of hydrogen-bond donors (Lipinski definition) is 3. The van der Waals surface area contributed by atoms with Gasteiger partial charge in [0.15, 0.2) is 11.5 Å². The van der Waals surface area contributed by atoms with Crippen molar-refractivity contribution in [2.75, 3.05) is 6.54 Å². The van der Waals surface area contributed by atoms with Crippen LogP contribution in [0.25, 0.3) is 10.6 Å². The van der Waals surface area contributed by atoms with E-state index >= 15 is 0 Å². The smallest absolute Gasteiger partial charge is 0.326 e. The zero-order chi connectivity index (χ0) is 15.9. The summed E-state index contributed by atoms with van der Waals surface area (Å²) >= 11 is 1.46. The van der Waals surface area contributed by atoms with Crippen molar-refractivity contribution in [1.82, 2.24) is 10.5 Å². The molecule has 0 aliphatic heterocycles. The van der Waals surface area contributed by atoms with Crippen LogP contribution in [0.3, 0.4) is 0 Å². The van der Waals surface area contributed by atoms with E-state index in [9.17, 15) is 9.59 Å². The molecule has 0 saturated heterocycles. The van der Waals surface area contributed by atoms with Gasteiger partial charge in [0.1, 0.15) is 6.04 Å². The molecule has 0 aromatic carbocycles. The number of carbonyl (C=O) groups is 2. The van der Waals surface area contributed by atoms with Gasteiger partial charge < -0.3 is 20.7 Å². The van der Waals surface area contributed by atoms with Crippen molar-refractivity contribution in [2.24, 2.45) is 5.73 Å². The number of carboxylic acid groups (broad SMARTS) is 1. The van der Waals surface area contributed by atoms with Crippen LogP contribution in [-0.4, -0.2) is 34.7 Å². The molecule has 22 heavy (non-hydrogen) atoms. The number of carboxylic acids is 1. The fourth-order valence-electron chi connectivity index (χ4n) is 1.90. The van der Waals surface area contributed by atoms with E-state index < -0.39 is 17.9 Å². The summed E-state index contributed by atoms with van der Waals surface area (Å²) < 4.78 is 5.11. The van der Waals surface area contributed by atoms with Crippen LogP contribution in [0, 0.1) is 0 Å². The zero-order valence-corrected chi connectivity index (χ0v) is 12.6. The monoisotopic (exact) mass is 323 g/mol. The highest BCUT2D eigenvalue weighted by Crippen LogP contribution is 2.25. The third-order valence-electron chi connectivity index (χ3n) is 3.06. The van der Waals surface area contributed by atoms with Gasteiger partial charge in [-0.2, -0.15) is 0 Å². The van der Waals surface area contributed by atoms with Crippen LogP contribution in [0.15, 0.2) is 28.1 Å². The lowest BCUT2D eigenvalue weighted by molar-refractivity contribution is -0.139. The molecule has 2 aromatic heterocycles. The number of aromatic nitrogens is 1. The third kappa shape index (κ3) is 4.15. The number of hydrogen-bond acceptors (Lipinski definition) is 6. The lowest BCUT2D eigenvalue weighted by Gasteiger charge is -2.12. The third-order valence-corrected chi connectivity index (χ3v) is 3.94. The van der Waals surface area contributed by atoms with E-state index in [0.717, 1.165) is 4.88 Å². The average Bonchev–Trinajstić information content (AvgIpc) is 3.16. The van der Waals surface area contributed by atoms with E-state index in [1.807, 2.05) is 17.5 Å². The van der Waals surface area contributed by atoms with E-state index in [1.165, 1.54) is 17.4 Å². The Balaban J connectivity index is 1.99. The van der Waals surface area contributed by atoms with Crippen molar-refractivity contribution in [3.63, 3.8) is 0 Å². The summed E-state index contributed by atoms with van der Waals surface area (Å²) in [5.41, 5.74) is 5.44. The number of aliphatic carboxylic acids is 1. The molecular weight excluding hydrogens is 306 g/mol. The summed E-state index contributed by atoms with van der Waals surface area (Å²) in [5, 5.41) is 17.2. The minimum absolute atomic E-state index is 0.0634. The van der Waals surface area contributed by atoms with Crippen LogP contribution < -0.4 is 11.1 Å². The quantitative estimate of drug-likeness (QED) is 0.636. The summed E-state index contributed by atoms with van der Waals surface area (Å²) in [6, 6.07) is 4.25. The zero-order valence-electron chi connectivity index (χ0n) is 11.8. The first-order valence-electron chi connectivity index (χ1n) is 6.86. The average molecular weight is 323 g/mol. The van der Waals surface area contributed by atoms with Crippen molar-refractivity contribution in [3.8, 4) is 10.6 Å². The summed E-state index contributed by atoms with van der Waals surface area (Å²) in [7, 11) is 0. The first kappa shape index (κ1) is 16.2. The molecule has 0 radical (unpaired) electrons. The van der Waals surface area contributed by atoms with Gasteiger partial charge in [-0.05, 0) is 37.3 Å². The Kier molecular flexibility index (Phi) is 5.68. The van der Waals surface area contributed by atoms with E-state index in [4.69, 9.17) is 15.4 Å². The van der Waals surface area contributed by atoms with Crippen LogP contribution in [0.5, 0.6) is 0 Å². The molecule has 8 heteroatoms. The molecule has 2 rings (SSSR count). The van der Waals surface area contributed by atoms with Crippen LogP contribution >= 0.6 is 11.3 Å². The number of carbonyl (C=O) groups excluding carboxylic acids is 1. The number of rotatable bonds is 8. The molecule has 1 amide bonds.